The summed E-state index contributed by atoms with van der Waals surface area (Å²) in [5, 5.41) is 3.98. The molecular formula is C14H15BrFN3O. The summed E-state index contributed by atoms with van der Waals surface area (Å²) >= 11 is 3.31. The summed E-state index contributed by atoms with van der Waals surface area (Å²) in [5.74, 6) is 0.595. The topological polar surface area (TPSA) is 64.9 Å². The van der Waals surface area contributed by atoms with Gasteiger partial charge in [0.25, 0.3) is 0 Å². The summed E-state index contributed by atoms with van der Waals surface area (Å²) in [6.45, 7) is 0. The molecule has 106 valence electrons. The van der Waals surface area contributed by atoms with Gasteiger partial charge in [0.1, 0.15) is 5.82 Å². The molecule has 20 heavy (non-hydrogen) atoms. The summed E-state index contributed by atoms with van der Waals surface area (Å²) < 4.78 is 19.0. The smallest absolute Gasteiger partial charge is 0.247 e. The lowest BCUT2D eigenvalue weighted by Crippen LogP contribution is -2.38. The summed E-state index contributed by atoms with van der Waals surface area (Å²) in [5.41, 5.74) is 6.54. The summed E-state index contributed by atoms with van der Waals surface area (Å²) in [4.78, 5) is 4.41. The standard InChI is InChI=1S/C14H15BrFN3O/c15-11-8-9(16)4-5-10(11)12-18-13(20-19-12)14(17)6-2-1-3-7-14/h4-5,8H,1-3,6-7,17H2. The van der Waals surface area contributed by atoms with E-state index in [0.717, 1.165) is 25.7 Å². The normalized spacial score (nSPS) is 18.1. The molecule has 2 N–H and O–H groups in total. The van der Waals surface area contributed by atoms with Crippen molar-refractivity contribution in [2.75, 3.05) is 0 Å². The molecule has 0 aliphatic heterocycles. The summed E-state index contributed by atoms with van der Waals surface area (Å²) in [7, 11) is 0. The van der Waals surface area contributed by atoms with Crippen LogP contribution in [0.5, 0.6) is 0 Å². The summed E-state index contributed by atoms with van der Waals surface area (Å²) in [6, 6.07) is 4.37. The monoisotopic (exact) mass is 339 g/mol. The first-order valence-corrected chi connectivity index (χ1v) is 7.46. The second-order valence-corrected chi connectivity index (χ2v) is 6.12. The van der Waals surface area contributed by atoms with Gasteiger partial charge in [-0.2, -0.15) is 4.98 Å². The van der Waals surface area contributed by atoms with Crippen LogP contribution in [-0.2, 0) is 5.54 Å². The molecule has 0 amide bonds. The Balaban J connectivity index is 1.93. The minimum atomic E-state index is -0.518. The zero-order chi connectivity index (χ0) is 14.2. The number of aromatic nitrogens is 2. The van der Waals surface area contributed by atoms with Crippen LogP contribution in [0.4, 0.5) is 4.39 Å². The van der Waals surface area contributed by atoms with Crippen LogP contribution < -0.4 is 5.73 Å². The van der Waals surface area contributed by atoms with Gasteiger partial charge in [-0.05, 0) is 47.0 Å². The van der Waals surface area contributed by atoms with Gasteiger partial charge in [0.05, 0.1) is 5.54 Å². The fraction of sp³-hybridized carbons (Fsp3) is 0.429. The molecule has 2 aromatic rings. The molecule has 1 aromatic carbocycles. The van der Waals surface area contributed by atoms with Gasteiger partial charge in [0.2, 0.25) is 11.7 Å². The minimum Gasteiger partial charge on any atom is -0.337 e. The van der Waals surface area contributed by atoms with Crippen molar-refractivity contribution in [3.05, 3.63) is 34.4 Å². The molecule has 1 fully saturated rings. The second kappa shape index (κ2) is 5.26. The van der Waals surface area contributed by atoms with E-state index in [4.69, 9.17) is 10.3 Å². The summed E-state index contributed by atoms with van der Waals surface area (Å²) in [6.07, 6.45) is 5.07. The average Bonchev–Trinajstić information content (AvgIpc) is 2.90. The maximum absolute atomic E-state index is 13.1. The Labute approximate surface area is 124 Å². The van der Waals surface area contributed by atoms with Crippen LogP contribution in [0.2, 0.25) is 0 Å². The molecule has 6 heteroatoms. The van der Waals surface area contributed by atoms with Crippen LogP contribution in [0, 0.1) is 5.82 Å². The lowest BCUT2D eigenvalue weighted by molar-refractivity contribution is 0.220. The van der Waals surface area contributed by atoms with E-state index in [-0.39, 0.29) is 5.82 Å². The SMILES string of the molecule is NC1(c2nc(-c3ccc(F)cc3Br)no2)CCCCC1. The molecule has 0 spiro atoms. The Bertz CT molecular complexity index is 623. The van der Waals surface area contributed by atoms with Crippen LogP contribution in [-0.4, -0.2) is 10.1 Å². The molecule has 0 bridgehead atoms. The van der Waals surface area contributed by atoms with Crippen LogP contribution in [0.15, 0.2) is 27.2 Å². The molecule has 1 aromatic heterocycles. The fourth-order valence-corrected chi connectivity index (χ4v) is 3.13. The lowest BCUT2D eigenvalue weighted by atomic mass is 9.82. The Morgan fingerprint density at radius 3 is 2.70 bits per heavy atom. The van der Waals surface area contributed by atoms with Crippen molar-refractivity contribution in [1.29, 1.82) is 0 Å². The van der Waals surface area contributed by atoms with Gasteiger partial charge < -0.3 is 10.3 Å². The van der Waals surface area contributed by atoms with Crippen molar-refractivity contribution in [1.82, 2.24) is 10.1 Å². The Morgan fingerprint density at radius 2 is 2.00 bits per heavy atom. The van der Waals surface area contributed by atoms with E-state index in [2.05, 4.69) is 26.1 Å². The molecule has 1 aliphatic rings. The van der Waals surface area contributed by atoms with Crippen LogP contribution in [0.1, 0.15) is 38.0 Å². The number of nitrogens with zero attached hydrogens (tertiary/aromatic N) is 2. The van der Waals surface area contributed by atoms with Gasteiger partial charge in [-0.25, -0.2) is 4.39 Å². The highest BCUT2D eigenvalue weighted by atomic mass is 79.9. The van der Waals surface area contributed by atoms with E-state index >= 15 is 0 Å². The van der Waals surface area contributed by atoms with Gasteiger partial charge in [-0.1, -0.05) is 24.4 Å². The first kappa shape index (κ1) is 13.7. The zero-order valence-corrected chi connectivity index (χ0v) is 12.5. The van der Waals surface area contributed by atoms with E-state index in [1.54, 1.807) is 6.07 Å². The maximum Gasteiger partial charge on any atom is 0.247 e. The zero-order valence-electron chi connectivity index (χ0n) is 10.9. The van der Waals surface area contributed by atoms with E-state index in [1.807, 2.05) is 0 Å². The third kappa shape index (κ3) is 2.50. The third-order valence-electron chi connectivity index (χ3n) is 3.77. The Kier molecular flexibility index (Phi) is 3.60. The molecule has 0 unspecified atom stereocenters. The molecule has 0 saturated heterocycles. The van der Waals surface area contributed by atoms with Crippen LogP contribution in [0.25, 0.3) is 11.4 Å². The molecule has 0 radical (unpaired) electrons. The Hall–Kier alpha value is -1.27. The predicted molar refractivity (Wildman–Crippen MR) is 76.3 cm³/mol. The van der Waals surface area contributed by atoms with Gasteiger partial charge >= 0.3 is 0 Å². The molecular weight excluding hydrogens is 325 g/mol. The molecule has 3 rings (SSSR count). The maximum atomic E-state index is 13.1. The highest BCUT2D eigenvalue weighted by Gasteiger charge is 2.35. The average molecular weight is 340 g/mol. The van der Waals surface area contributed by atoms with Crippen LogP contribution in [0.3, 0.4) is 0 Å². The van der Waals surface area contributed by atoms with Crippen molar-refractivity contribution in [2.45, 2.75) is 37.6 Å². The number of hydrogen-bond acceptors (Lipinski definition) is 4. The highest BCUT2D eigenvalue weighted by Crippen LogP contribution is 2.35. The van der Waals surface area contributed by atoms with E-state index < -0.39 is 5.54 Å². The number of nitrogens with two attached hydrogens (primary N) is 1. The van der Waals surface area contributed by atoms with Crippen molar-refractivity contribution in [2.24, 2.45) is 5.73 Å². The van der Waals surface area contributed by atoms with Crippen molar-refractivity contribution in [3.63, 3.8) is 0 Å². The van der Waals surface area contributed by atoms with Gasteiger partial charge in [0, 0.05) is 10.0 Å². The first-order chi connectivity index (χ1) is 9.58. The van der Waals surface area contributed by atoms with Crippen molar-refractivity contribution < 1.29 is 8.91 Å². The molecule has 0 atom stereocenters. The predicted octanol–water partition coefficient (Wildman–Crippen LogP) is 3.76. The number of hydrogen-bond donors (Lipinski definition) is 1. The quantitative estimate of drug-likeness (QED) is 0.904. The number of benzene rings is 1. The van der Waals surface area contributed by atoms with Crippen molar-refractivity contribution >= 4 is 15.9 Å². The molecule has 1 aliphatic carbocycles. The largest absolute Gasteiger partial charge is 0.337 e. The lowest BCUT2D eigenvalue weighted by Gasteiger charge is -2.29. The second-order valence-electron chi connectivity index (χ2n) is 5.26. The van der Waals surface area contributed by atoms with E-state index in [1.165, 1.54) is 18.6 Å². The highest BCUT2D eigenvalue weighted by molar-refractivity contribution is 9.10. The van der Waals surface area contributed by atoms with Gasteiger partial charge in [-0.15, -0.1) is 0 Å². The van der Waals surface area contributed by atoms with Gasteiger partial charge in [-0.3, -0.25) is 0 Å². The van der Waals surface area contributed by atoms with Gasteiger partial charge in [0.15, 0.2) is 0 Å². The minimum absolute atomic E-state index is 0.313. The van der Waals surface area contributed by atoms with E-state index in [9.17, 15) is 4.39 Å². The van der Waals surface area contributed by atoms with Crippen molar-refractivity contribution in [3.8, 4) is 11.4 Å². The third-order valence-corrected chi connectivity index (χ3v) is 4.43. The number of rotatable bonds is 2. The Morgan fingerprint density at radius 1 is 1.25 bits per heavy atom. The van der Waals surface area contributed by atoms with E-state index in [0.29, 0.717) is 21.8 Å². The number of halogens is 2. The first-order valence-electron chi connectivity index (χ1n) is 6.67. The fourth-order valence-electron chi connectivity index (χ4n) is 2.60. The molecule has 4 nitrogen and oxygen atoms in total. The molecule has 1 saturated carbocycles. The van der Waals surface area contributed by atoms with Crippen LogP contribution >= 0.6 is 15.9 Å². The molecule has 1 heterocycles.